The van der Waals surface area contributed by atoms with Crippen LogP contribution in [0.5, 0.6) is 0 Å². The SMILES string of the molecule is CCn1ccc(CNC(=O)Cn2nc(C(F)(F)F)c(Br)c2C)n1. The molecule has 2 rings (SSSR count). The van der Waals surface area contributed by atoms with E-state index in [4.69, 9.17) is 0 Å². The first-order valence-corrected chi connectivity index (χ1v) is 7.60. The molecule has 0 saturated heterocycles. The van der Waals surface area contributed by atoms with Crippen LogP contribution >= 0.6 is 15.9 Å². The molecule has 126 valence electrons. The number of hydrogen-bond donors (Lipinski definition) is 1. The van der Waals surface area contributed by atoms with Crippen molar-refractivity contribution in [2.24, 2.45) is 0 Å². The van der Waals surface area contributed by atoms with E-state index in [0.29, 0.717) is 12.2 Å². The molecule has 0 spiro atoms. The van der Waals surface area contributed by atoms with Gasteiger partial charge in [0, 0.05) is 12.7 Å². The van der Waals surface area contributed by atoms with E-state index in [1.807, 2.05) is 6.92 Å². The summed E-state index contributed by atoms with van der Waals surface area (Å²) in [6.45, 7) is 4.03. The van der Waals surface area contributed by atoms with Gasteiger partial charge in [-0.3, -0.25) is 14.2 Å². The molecule has 0 bridgehead atoms. The summed E-state index contributed by atoms with van der Waals surface area (Å²) in [5, 5.41) is 10.3. The molecule has 0 radical (unpaired) electrons. The van der Waals surface area contributed by atoms with Crippen molar-refractivity contribution in [1.82, 2.24) is 24.9 Å². The van der Waals surface area contributed by atoms with Crippen LogP contribution in [0.15, 0.2) is 16.7 Å². The Morgan fingerprint density at radius 2 is 2.09 bits per heavy atom. The average Bonchev–Trinajstić information content (AvgIpc) is 3.04. The van der Waals surface area contributed by atoms with Gasteiger partial charge in [0.15, 0.2) is 5.69 Å². The topological polar surface area (TPSA) is 64.7 Å². The first kappa shape index (κ1) is 17.5. The normalized spacial score (nSPS) is 11.7. The van der Waals surface area contributed by atoms with Crippen LogP contribution in [-0.4, -0.2) is 25.5 Å². The highest BCUT2D eigenvalue weighted by Crippen LogP contribution is 2.35. The minimum absolute atomic E-state index is 0.153. The Bertz CT molecular complexity index is 707. The van der Waals surface area contributed by atoms with Crippen LogP contribution in [0.25, 0.3) is 0 Å². The van der Waals surface area contributed by atoms with Crippen LogP contribution < -0.4 is 5.32 Å². The molecule has 0 aliphatic heterocycles. The Kier molecular flexibility index (Phi) is 5.12. The number of rotatable bonds is 5. The number of carbonyl (C=O) groups excluding carboxylic acids is 1. The van der Waals surface area contributed by atoms with Crippen LogP contribution in [0.2, 0.25) is 0 Å². The summed E-state index contributed by atoms with van der Waals surface area (Å²) in [4.78, 5) is 11.9. The summed E-state index contributed by atoms with van der Waals surface area (Å²) in [7, 11) is 0. The van der Waals surface area contributed by atoms with Crippen molar-refractivity contribution in [2.75, 3.05) is 0 Å². The second-order valence-corrected chi connectivity index (χ2v) is 5.64. The van der Waals surface area contributed by atoms with Crippen LogP contribution in [0.3, 0.4) is 0 Å². The zero-order valence-electron chi connectivity index (χ0n) is 12.5. The van der Waals surface area contributed by atoms with E-state index < -0.39 is 17.8 Å². The highest BCUT2D eigenvalue weighted by molar-refractivity contribution is 9.10. The van der Waals surface area contributed by atoms with E-state index in [2.05, 4.69) is 31.4 Å². The van der Waals surface area contributed by atoms with Gasteiger partial charge in [-0.2, -0.15) is 23.4 Å². The third kappa shape index (κ3) is 4.12. The molecular weight excluding hydrogens is 379 g/mol. The third-order valence-corrected chi connectivity index (χ3v) is 4.13. The number of aromatic nitrogens is 4. The molecule has 0 aliphatic carbocycles. The van der Waals surface area contributed by atoms with Crippen LogP contribution in [-0.2, 0) is 30.6 Å². The predicted molar refractivity (Wildman–Crippen MR) is 79.4 cm³/mol. The van der Waals surface area contributed by atoms with Gasteiger partial charge in [-0.25, -0.2) is 0 Å². The molecule has 0 aliphatic rings. The smallest absolute Gasteiger partial charge is 0.349 e. The van der Waals surface area contributed by atoms with Crippen molar-refractivity contribution in [3.05, 3.63) is 33.8 Å². The number of hydrogen-bond acceptors (Lipinski definition) is 3. The van der Waals surface area contributed by atoms with E-state index in [1.54, 1.807) is 16.9 Å². The molecule has 0 saturated carbocycles. The standard InChI is InChI=1S/C13H15BrF3N5O/c1-3-21-5-4-9(19-21)6-18-10(23)7-22-8(2)11(14)12(20-22)13(15,16)17/h4-5H,3,6-7H2,1-2H3,(H,18,23). The van der Waals surface area contributed by atoms with Crippen LogP contribution in [0.4, 0.5) is 13.2 Å². The molecule has 10 heteroatoms. The van der Waals surface area contributed by atoms with E-state index in [1.165, 1.54) is 6.92 Å². The Hall–Kier alpha value is -1.84. The van der Waals surface area contributed by atoms with Gasteiger partial charge >= 0.3 is 6.18 Å². The number of nitrogens with zero attached hydrogens (tertiary/aromatic N) is 4. The fourth-order valence-electron chi connectivity index (χ4n) is 1.91. The van der Waals surface area contributed by atoms with Gasteiger partial charge in [0.2, 0.25) is 5.91 Å². The lowest BCUT2D eigenvalue weighted by molar-refractivity contribution is -0.142. The molecule has 6 nitrogen and oxygen atoms in total. The largest absolute Gasteiger partial charge is 0.436 e. The Morgan fingerprint density at radius 1 is 1.39 bits per heavy atom. The van der Waals surface area contributed by atoms with Crippen molar-refractivity contribution >= 4 is 21.8 Å². The number of aryl methyl sites for hydroxylation is 1. The summed E-state index contributed by atoms with van der Waals surface area (Å²) in [5.74, 6) is -0.442. The van der Waals surface area contributed by atoms with Crippen molar-refractivity contribution in [1.29, 1.82) is 0 Å². The zero-order valence-corrected chi connectivity index (χ0v) is 14.1. The number of halogens is 4. The quantitative estimate of drug-likeness (QED) is 0.848. The molecule has 0 atom stereocenters. The fourth-order valence-corrected chi connectivity index (χ4v) is 2.42. The minimum atomic E-state index is -4.57. The third-order valence-electron chi connectivity index (χ3n) is 3.18. The van der Waals surface area contributed by atoms with Crippen LogP contribution in [0, 0.1) is 6.92 Å². The molecular formula is C13H15BrF3N5O. The first-order chi connectivity index (χ1) is 10.7. The van der Waals surface area contributed by atoms with Crippen molar-refractivity contribution in [2.45, 2.75) is 39.7 Å². The van der Waals surface area contributed by atoms with E-state index in [-0.39, 0.29) is 23.3 Å². The van der Waals surface area contributed by atoms with Gasteiger partial charge in [0.1, 0.15) is 6.54 Å². The second-order valence-electron chi connectivity index (χ2n) is 4.84. The Balaban J connectivity index is 2.00. The molecule has 2 aromatic rings. The number of amides is 1. The molecule has 2 heterocycles. The lowest BCUT2D eigenvalue weighted by Crippen LogP contribution is -2.28. The maximum Gasteiger partial charge on any atom is 0.436 e. The first-order valence-electron chi connectivity index (χ1n) is 6.81. The van der Waals surface area contributed by atoms with Gasteiger partial charge in [-0.15, -0.1) is 0 Å². The predicted octanol–water partition coefficient (Wildman–Crippen LogP) is 2.51. The molecule has 2 aromatic heterocycles. The highest BCUT2D eigenvalue weighted by Gasteiger charge is 2.38. The van der Waals surface area contributed by atoms with Gasteiger partial charge in [0.05, 0.1) is 22.4 Å². The molecule has 1 amide bonds. The van der Waals surface area contributed by atoms with Crippen molar-refractivity contribution in [3.63, 3.8) is 0 Å². The van der Waals surface area contributed by atoms with Crippen molar-refractivity contribution in [3.8, 4) is 0 Å². The summed E-state index contributed by atoms with van der Waals surface area (Å²) in [5.41, 5.74) is -0.123. The molecule has 0 unspecified atom stereocenters. The van der Waals surface area contributed by atoms with Gasteiger partial charge < -0.3 is 5.32 Å². The number of alkyl halides is 3. The lowest BCUT2D eigenvalue weighted by atomic mass is 10.3. The summed E-state index contributed by atoms with van der Waals surface area (Å²) in [6, 6.07) is 1.77. The van der Waals surface area contributed by atoms with Gasteiger partial charge in [-0.1, -0.05) is 0 Å². The minimum Gasteiger partial charge on any atom is -0.349 e. The molecule has 23 heavy (non-hydrogen) atoms. The summed E-state index contributed by atoms with van der Waals surface area (Å²) >= 11 is 2.87. The number of carbonyl (C=O) groups is 1. The zero-order chi connectivity index (χ0) is 17.2. The fraction of sp³-hybridized carbons (Fsp3) is 0.462. The van der Waals surface area contributed by atoms with Crippen molar-refractivity contribution < 1.29 is 18.0 Å². The maximum absolute atomic E-state index is 12.8. The number of nitrogens with one attached hydrogen (secondary N) is 1. The Labute approximate surface area is 138 Å². The van der Waals surface area contributed by atoms with E-state index >= 15 is 0 Å². The average molecular weight is 394 g/mol. The van der Waals surface area contributed by atoms with Crippen LogP contribution in [0.1, 0.15) is 24.0 Å². The van der Waals surface area contributed by atoms with E-state index in [0.717, 1.165) is 4.68 Å². The van der Waals surface area contributed by atoms with E-state index in [9.17, 15) is 18.0 Å². The monoisotopic (exact) mass is 393 g/mol. The van der Waals surface area contributed by atoms with Gasteiger partial charge in [-0.05, 0) is 35.8 Å². The summed E-state index contributed by atoms with van der Waals surface area (Å²) < 4.78 is 40.9. The molecule has 0 fully saturated rings. The lowest BCUT2D eigenvalue weighted by Gasteiger charge is -2.05. The molecule has 0 aromatic carbocycles. The summed E-state index contributed by atoms with van der Waals surface area (Å²) in [6.07, 6.45) is -2.79. The highest BCUT2D eigenvalue weighted by atomic mass is 79.9. The Morgan fingerprint density at radius 3 is 2.61 bits per heavy atom. The maximum atomic E-state index is 12.8. The van der Waals surface area contributed by atoms with Gasteiger partial charge in [0.25, 0.3) is 0 Å². The molecule has 1 N–H and O–H groups in total. The second kappa shape index (κ2) is 6.73.